The summed E-state index contributed by atoms with van der Waals surface area (Å²) in [7, 11) is -5.72. The van der Waals surface area contributed by atoms with E-state index in [2.05, 4.69) is 4.18 Å². The van der Waals surface area contributed by atoms with Crippen molar-refractivity contribution in [3.63, 3.8) is 0 Å². The maximum absolute atomic E-state index is 12.7. The molecule has 30 heavy (non-hydrogen) atoms. The van der Waals surface area contributed by atoms with Crippen molar-refractivity contribution in [1.82, 2.24) is 4.90 Å². The maximum atomic E-state index is 12.7. The Morgan fingerprint density at radius 3 is 2.60 bits per heavy atom. The molecule has 0 radical (unpaired) electrons. The molecular weight excluding hydrogens is 423 g/mol. The number of hydrogen-bond donors (Lipinski definition) is 0. The van der Waals surface area contributed by atoms with Crippen LogP contribution in [0.25, 0.3) is 0 Å². The second-order valence-corrected chi connectivity index (χ2v) is 9.26. The molecule has 2 atom stereocenters. The number of rotatable bonds is 3. The molecular formula is C20H26F3NO5S. The fourth-order valence-corrected chi connectivity index (χ4v) is 4.77. The van der Waals surface area contributed by atoms with Gasteiger partial charge in [0.15, 0.2) is 0 Å². The second kappa shape index (κ2) is 9.03. The van der Waals surface area contributed by atoms with Gasteiger partial charge in [-0.2, -0.15) is 21.6 Å². The molecule has 1 amide bonds. The lowest BCUT2D eigenvalue weighted by atomic mass is 9.81. The van der Waals surface area contributed by atoms with Crippen molar-refractivity contribution < 1.29 is 35.3 Å². The van der Waals surface area contributed by atoms with E-state index in [1.807, 2.05) is 0 Å². The van der Waals surface area contributed by atoms with Crippen molar-refractivity contribution >= 4 is 16.2 Å². The van der Waals surface area contributed by atoms with Gasteiger partial charge in [0.2, 0.25) is 0 Å². The SMILES string of the molecule is CCOC(=O)N1CCC2CCCCC[C@@H]1Cc1ccc(OS(=O)(=O)C(F)(F)F)cc12. The number of fused-ring (bicyclic) bond motifs is 6. The summed E-state index contributed by atoms with van der Waals surface area (Å²) >= 11 is 0. The second-order valence-electron chi connectivity index (χ2n) is 7.72. The minimum absolute atomic E-state index is 0.00637. The van der Waals surface area contributed by atoms with Crippen LogP contribution in [0.4, 0.5) is 18.0 Å². The van der Waals surface area contributed by atoms with Crippen molar-refractivity contribution in [3.05, 3.63) is 29.3 Å². The third-order valence-electron chi connectivity index (χ3n) is 5.75. The molecule has 1 aromatic rings. The van der Waals surface area contributed by atoms with Crippen molar-refractivity contribution in [2.45, 2.75) is 69.3 Å². The number of amides is 1. The summed E-state index contributed by atoms with van der Waals surface area (Å²) in [4.78, 5) is 14.3. The third kappa shape index (κ3) is 5.01. The zero-order valence-electron chi connectivity index (χ0n) is 16.8. The molecule has 4 rings (SSSR count). The smallest absolute Gasteiger partial charge is 0.450 e. The van der Waals surface area contributed by atoms with Gasteiger partial charge in [0.1, 0.15) is 5.75 Å². The first-order valence-corrected chi connectivity index (χ1v) is 11.6. The molecule has 2 heterocycles. The maximum Gasteiger partial charge on any atom is 0.534 e. The van der Waals surface area contributed by atoms with Gasteiger partial charge in [0.25, 0.3) is 0 Å². The number of benzene rings is 1. The molecule has 3 aliphatic rings. The fraction of sp³-hybridized carbons (Fsp3) is 0.650. The monoisotopic (exact) mass is 449 g/mol. The van der Waals surface area contributed by atoms with E-state index in [9.17, 15) is 26.4 Å². The quantitative estimate of drug-likeness (QED) is 0.493. The zero-order chi connectivity index (χ0) is 21.9. The van der Waals surface area contributed by atoms with E-state index in [1.165, 1.54) is 12.1 Å². The van der Waals surface area contributed by atoms with E-state index in [0.717, 1.165) is 43.2 Å². The average molecular weight is 449 g/mol. The topological polar surface area (TPSA) is 72.9 Å². The standard InChI is InChI=1S/C20H26F3NO5S/c1-2-28-19(25)24-11-10-14-6-4-3-5-7-16(24)12-15-8-9-17(13-18(14)15)29-30(26,27)20(21,22)23/h8-9,13-14,16H,2-7,10-12H2,1H3/t14?,16-/m1/s1. The first kappa shape index (κ1) is 22.7. The van der Waals surface area contributed by atoms with E-state index in [0.29, 0.717) is 19.4 Å². The Bertz CT molecular complexity index is 872. The van der Waals surface area contributed by atoms with Crippen LogP contribution < -0.4 is 4.18 Å². The predicted octanol–water partition coefficient (Wildman–Crippen LogP) is 4.74. The lowest BCUT2D eigenvalue weighted by Crippen LogP contribution is -2.44. The van der Waals surface area contributed by atoms with Gasteiger partial charge in [-0.1, -0.05) is 25.3 Å². The summed E-state index contributed by atoms with van der Waals surface area (Å²) < 4.78 is 70.5. The van der Waals surface area contributed by atoms with E-state index in [4.69, 9.17) is 4.74 Å². The molecule has 1 aliphatic carbocycles. The van der Waals surface area contributed by atoms with Crippen molar-refractivity contribution in [2.75, 3.05) is 13.2 Å². The number of carbonyl (C=O) groups is 1. The summed E-state index contributed by atoms with van der Waals surface area (Å²) in [5.41, 5.74) is -3.78. The summed E-state index contributed by atoms with van der Waals surface area (Å²) in [5, 5.41) is 0. The molecule has 1 aromatic carbocycles. The summed E-state index contributed by atoms with van der Waals surface area (Å²) in [5.74, 6) is -0.347. The van der Waals surface area contributed by atoms with Crippen LogP contribution in [0.3, 0.4) is 0 Å². The Kier molecular flexibility index (Phi) is 6.84. The zero-order valence-corrected chi connectivity index (χ0v) is 17.6. The van der Waals surface area contributed by atoms with Crippen LogP contribution in [-0.2, 0) is 21.3 Å². The minimum Gasteiger partial charge on any atom is -0.450 e. The molecule has 0 spiro atoms. The Balaban J connectivity index is 1.96. The van der Waals surface area contributed by atoms with Gasteiger partial charge < -0.3 is 13.8 Å². The molecule has 2 aliphatic heterocycles. The van der Waals surface area contributed by atoms with Crippen LogP contribution in [0.15, 0.2) is 18.2 Å². The molecule has 1 fully saturated rings. The molecule has 0 saturated carbocycles. The van der Waals surface area contributed by atoms with Crippen molar-refractivity contribution in [1.29, 1.82) is 0 Å². The number of halogens is 3. The Hall–Kier alpha value is -1.97. The van der Waals surface area contributed by atoms with Gasteiger partial charge in [-0.15, -0.1) is 0 Å². The highest BCUT2D eigenvalue weighted by atomic mass is 32.2. The first-order chi connectivity index (χ1) is 14.1. The Morgan fingerprint density at radius 1 is 1.17 bits per heavy atom. The van der Waals surface area contributed by atoms with Gasteiger partial charge in [-0.3, -0.25) is 0 Å². The van der Waals surface area contributed by atoms with Gasteiger partial charge in [0.05, 0.1) is 6.61 Å². The Morgan fingerprint density at radius 2 is 1.90 bits per heavy atom. The highest BCUT2D eigenvalue weighted by Gasteiger charge is 2.48. The van der Waals surface area contributed by atoms with Crippen molar-refractivity contribution in [3.8, 4) is 5.75 Å². The summed E-state index contributed by atoms with van der Waals surface area (Å²) in [6.45, 7) is 2.53. The van der Waals surface area contributed by atoms with Crippen molar-refractivity contribution in [2.24, 2.45) is 0 Å². The van der Waals surface area contributed by atoms with Gasteiger partial charge >= 0.3 is 21.7 Å². The van der Waals surface area contributed by atoms with Gasteiger partial charge in [0, 0.05) is 12.6 Å². The number of ether oxygens (including phenoxy) is 1. The van der Waals surface area contributed by atoms with Crippen LogP contribution in [0.5, 0.6) is 5.75 Å². The van der Waals surface area contributed by atoms with E-state index in [-0.39, 0.29) is 30.4 Å². The van der Waals surface area contributed by atoms with Crippen LogP contribution >= 0.6 is 0 Å². The molecule has 1 unspecified atom stereocenters. The van der Waals surface area contributed by atoms with E-state index in [1.54, 1.807) is 17.9 Å². The third-order valence-corrected chi connectivity index (χ3v) is 6.73. The normalized spacial score (nSPS) is 22.7. The largest absolute Gasteiger partial charge is 0.534 e. The predicted molar refractivity (Wildman–Crippen MR) is 104 cm³/mol. The van der Waals surface area contributed by atoms with Crippen LogP contribution in [0.1, 0.15) is 62.5 Å². The van der Waals surface area contributed by atoms with Gasteiger partial charge in [-0.25, -0.2) is 4.79 Å². The minimum atomic E-state index is -5.72. The molecule has 10 heteroatoms. The van der Waals surface area contributed by atoms with E-state index >= 15 is 0 Å². The lowest BCUT2D eigenvalue weighted by molar-refractivity contribution is -0.0500. The average Bonchev–Trinajstić information content (AvgIpc) is 2.65. The van der Waals surface area contributed by atoms with Crippen LogP contribution in [0, 0.1) is 0 Å². The first-order valence-electron chi connectivity index (χ1n) is 10.2. The molecule has 168 valence electrons. The molecule has 1 saturated heterocycles. The highest BCUT2D eigenvalue weighted by molar-refractivity contribution is 7.88. The molecule has 2 bridgehead atoms. The van der Waals surface area contributed by atoms with Crippen LogP contribution in [0.2, 0.25) is 0 Å². The molecule has 6 nitrogen and oxygen atoms in total. The molecule has 0 N–H and O–H groups in total. The summed E-state index contributed by atoms with van der Waals surface area (Å²) in [6, 6.07) is 4.21. The van der Waals surface area contributed by atoms with E-state index < -0.39 is 15.6 Å². The number of alkyl halides is 3. The lowest BCUT2D eigenvalue weighted by Gasteiger charge is -2.37. The summed E-state index contributed by atoms with van der Waals surface area (Å²) in [6.07, 6.45) is 5.37. The number of hydrogen-bond acceptors (Lipinski definition) is 5. The highest BCUT2D eigenvalue weighted by Crippen LogP contribution is 2.38. The van der Waals surface area contributed by atoms with Gasteiger partial charge in [-0.05, 0) is 61.8 Å². The Labute approximate surface area is 174 Å². The number of carbonyl (C=O) groups excluding carboxylic acids is 1. The molecule has 0 aromatic heterocycles. The number of nitrogens with zero attached hydrogens (tertiary/aromatic N) is 1. The van der Waals surface area contributed by atoms with Crippen LogP contribution in [-0.4, -0.2) is 44.1 Å². The fourth-order valence-electron chi connectivity index (χ4n) is 4.31.